The molecule has 11 nitrogen and oxygen atoms in total. The Morgan fingerprint density at radius 1 is 1.14 bits per heavy atom. The maximum Gasteiger partial charge on any atom is 0.439 e. The van der Waals surface area contributed by atoms with E-state index in [1.165, 1.54) is 12.8 Å². The highest BCUT2D eigenvalue weighted by atomic mass is 35.5. The number of piperazine rings is 1. The van der Waals surface area contributed by atoms with Crippen LogP contribution in [0.25, 0.3) is 33.8 Å². The lowest BCUT2D eigenvalue weighted by Crippen LogP contribution is -2.56. The van der Waals surface area contributed by atoms with Crippen LogP contribution < -0.4 is 10.7 Å². The van der Waals surface area contributed by atoms with Crippen LogP contribution in [0.15, 0.2) is 33.8 Å². The maximum absolute atomic E-state index is 14.7. The van der Waals surface area contributed by atoms with Gasteiger partial charge in [0.25, 0.3) is 5.91 Å². The molecule has 4 aromatic rings. The highest BCUT2D eigenvalue weighted by Crippen LogP contribution is 2.44. The summed E-state index contributed by atoms with van der Waals surface area (Å²) in [6.45, 7) is 7.97. The lowest BCUT2D eigenvalue weighted by molar-refractivity contribution is -0.139. The number of nitrogens with zero attached hydrogens (tertiary/aromatic N) is 7. The van der Waals surface area contributed by atoms with Crippen LogP contribution in [0, 0.1) is 11.8 Å². The first-order chi connectivity index (χ1) is 21.1. The third kappa shape index (κ3) is 5.16. The number of imidazole rings is 1. The lowest BCUT2D eigenvalue weighted by Gasteiger charge is -2.42. The van der Waals surface area contributed by atoms with E-state index in [1.807, 2.05) is 12.1 Å². The van der Waals surface area contributed by atoms with E-state index in [0.717, 1.165) is 24.3 Å². The molecular formula is C31H36ClFN8O3. The molecule has 0 spiro atoms. The van der Waals surface area contributed by atoms with Crippen molar-refractivity contribution in [3.8, 4) is 22.8 Å². The van der Waals surface area contributed by atoms with E-state index < -0.39 is 17.3 Å². The molecule has 1 amide bonds. The molecule has 2 saturated carbocycles. The molecule has 44 heavy (non-hydrogen) atoms. The molecule has 0 bridgehead atoms. The zero-order chi connectivity index (χ0) is 30.7. The Kier molecular flexibility index (Phi) is 7.22. The summed E-state index contributed by atoms with van der Waals surface area (Å²) in [7, 11) is 0. The molecule has 1 unspecified atom stereocenters. The third-order valence-electron chi connectivity index (χ3n) is 9.70. The van der Waals surface area contributed by atoms with Crippen molar-refractivity contribution in [1.29, 1.82) is 0 Å². The zero-order valence-corrected chi connectivity index (χ0v) is 25.8. The number of nitrogens with one attached hydrogen (secondary N) is 1. The van der Waals surface area contributed by atoms with E-state index in [2.05, 4.69) is 45.4 Å². The van der Waals surface area contributed by atoms with Crippen LogP contribution in [0.4, 0.5) is 10.3 Å². The van der Waals surface area contributed by atoms with Gasteiger partial charge in [0.2, 0.25) is 11.8 Å². The number of aromatic amines is 1. The highest BCUT2D eigenvalue weighted by Gasteiger charge is 2.53. The minimum atomic E-state index is -1.69. The molecular weight excluding hydrogens is 587 g/mol. The SMILES string of the molecule is CC1CCC(C(C)n2c(N3CCN(C(=O)C4(F)CC4)C[C@@H]3C)nc3cc(-c4noc(=O)[nH]4)nc(-c4cncc(Cl)c4)c32)CC1. The highest BCUT2D eigenvalue weighted by molar-refractivity contribution is 6.30. The number of carbonyl (C=O) groups excluding carboxylic acids is 1. The van der Waals surface area contributed by atoms with Crippen molar-refractivity contribution >= 4 is 34.5 Å². The van der Waals surface area contributed by atoms with E-state index >= 15 is 0 Å². The second-order valence-corrected chi connectivity index (χ2v) is 13.3. The number of pyridine rings is 2. The van der Waals surface area contributed by atoms with Crippen molar-refractivity contribution in [2.45, 2.75) is 77.0 Å². The summed E-state index contributed by atoms with van der Waals surface area (Å²) in [4.78, 5) is 45.7. The molecule has 232 valence electrons. The number of alkyl halides is 1. The van der Waals surface area contributed by atoms with Gasteiger partial charge in [0.1, 0.15) is 5.69 Å². The van der Waals surface area contributed by atoms with Gasteiger partial charge in [0.05, 0.1) is 21.7 Å². The van der Waals surface area contributed by atoms with Crippen LogP contribution in [0.2, 0.25) is 5.02 Å². The summed E-state index contributed by atoms with van der Waals surface area (Å²) < 4.78 is 21.8. The van der Waals surface area contributed by atoms with Crippen molar-refractivity contribution in [3.63, 3.8) is 0 Å². The van der Waals surface area contributed by atoms with Crippen molar-refractivity contribution < 1.29 is 13.7 Å². The van der Waals surface area contributed by atoms with Crippen LogP contribution >= 0.6 is 11.6 Å². The molecule has 4 aromatic heterocycles. The van der Waals surface area contributed by atoms with Gasteiger partial charge in [-0.3, -0.25) is 19.3 Å². The van der Waals surface area contributed by atoms with E-state index in [4.69, 9.17) is 26.1 Å². The first kappa shape index (κ1) is 28.9. The van der Waals surface area contributed by atoms with Gasteiger partial charge < -0.3 is 14.4 Å². The molecule has 2 atom stereocenters. The third-order valence-corrected chi connectivity index (χ3v) is 9.91. The smallest absolute Gasteiger partial charge is 0.336 e. The number of hydrogen-bond acceptors (Lipinski definition) is 8. The first-order valence-electron chi connectivity index (χ1n) is 15.5. The molecule has 5 heterocycles. The summed E-state index contributed by atoms with van der Waals surface area (Å²) >= 11 is 6.41. The number of aromatic nitrogens is 6. The number of hydrogen-bond donors (Lipinski definition) is 1. The van der Waals surface area contributed by atoms with Gasteiger partial charge in [-0.15, -0.1) is 0 Å². The molecule has 1 aliphatic heterocycles. The summed E-state index contributed by atoms with van der Waals surface area (Å²) in [6, 6.07) is 3.61. The van der Waals surface area contributed by atoms with Gasteiger partial charge in [0.15, 0.2) is 5.67 Å². The number of amides is 1. The predicted octanol–water partition coefficient (Wildman–Crippen LogP) is 5.42. The average Bonchev–Trinajstić information content (AvgIpc) is 3.43. The van der Waals surface area contributed by atoms with Crippen LogP contribution in [0.5, 0.6) is 0 Å². The molecule has 7 rings (SSSR count). The van der Waals surface area contributed by atoms with E-state index in [1.54, 1.807) is 17.3 Å². The van der Waals surface area contributed by atoms with Gasteiger partial charge in [-0.1, -0.05) is 36.5 Å². The fourth-order valence-electron chi connectivity index (χ4n) is 6.93. The van der Waals surface area contributed by atoms with E-state index in [-0.39, 0.29) is 17.9 Å². The molecule has 13 heteroatoms. The van der Waals surface area contributed by atoms with Crippen molar-refractivity contribution in [2.24, 2.45) is 11.8 Å². The summed E-state index contributed by atoms with van der Waals surface area (Å²) in [5.41, 5.74) is 1.53. The van der Waals surface area contributed by atoms with Gasteiger partial charge in [-0.25, -0.2) is 19.2 Å². The maximum atomic E-state index is 14.7. The van der Waals surface area contributed by atoms with E-state index in [9.17, 15) is 14.0 Å². The molecule has 1 N–H and O–H groups in total. The van der Waals surface area contributed by atoms with E-state index in [0.29, 0.717) is 71.8 Å². The number of halogens is 2. The fraction of sp³-hybridized carbons (Fsp3) is 0.548. The number of fused-ring (bicyclic) bond motifs is 1. The van der Waals surface area contributed by atoms with Crippen LogP contribution in [0.1, 0.15) is 65.3 Å². The predicted molar refractivity (Wildman–Crippen MR) is 164 cm³/mol. The van der Waals surface area contributed by atoms with Crippen LogP contribution in [0.3, 0.4) is 0 Å². The quantitative estimate of drug-likeness (QED) is 0.302. The van der Waals surface area contributed by atoms with Gasteiger partial charge in [0, 0.05) is 49.7 Å². The lowest BCUT2D eigenvalue weighted by atomic mass is 9.79. The van der Waals surface area contributed by atoms with Gasteiger partial charge in [-0.05, 0) is 63.5 Å². The number of carbonyl (C=O) groups is 1. The summed E-state index contributed by atoms with van der Waals surface area (Å²) in [5.74, 6) is 1.03. The van der Waals surface area contributed by atoms with Crippen LogP contribution in [-0.4, -0.2) is 71.8 Å². The topological polar surface area (TPSA) is 126 Å². The molecule has 0 radical (unpaired) electrons. The second-order valence-electron chi connectivity index (χ2n) is 12.9. The Labute approximate surface area is 258 Å². The Morgan fingerprint density at radius 2 is 1.91 bits per heavy atom. The molecule has 1 saturated heterocycles. The number of H-pyrrole nitrogens is 1. The minimum Gasteiger partial charge on any atom is -0.336 e. The van der Waals surface area contributed by atoms with Gasteiger partial charge in [-0.2, -0.15) is 0 Å². The summed E-state index contributed by atoms with van der Waals surface area (Å²) in [5, 5.41) is 4.35. The number of rotatable bonds is 6. The molecule has 2 aliphatic carbocycles. The summed E-state index contributed by atoms with van der Waals surface area (Å²) in [6.07, 6.45) is 8.46. The Morgan fingerprint density at radius 3 is 2.57 bits per heavy atom. The second kappa shape index (κ2) is 11.0. The van der Waals surface area contributed by atoms with Crippen molar-refractivity contribution in [1.82, 2.24) is 34.6 Å². The van der Waals surface area contributed by atoms with Crippen LogP contribution in [-0.2, 0) is 4.79 Å². The Bertz CT molecular complexity index is 1770. The molecule has 3 fully saturated rings. The normalized spacial score (nSPS) is 24.1. The largest absolute Gasteiger partial charge is 0.439 e. The number of anilines is 1. The Hall–Kier alpha value is -3.80. The minimum absolute atomic E-state index is 0.0836. The van der Waals surface area contributed by atoms with Gasteiger partial charge >= 0.3 is 5.76 Å². The Balaban J connectivity index is 1.39. The average molecular weight is 623 g/mol. The molecule has 3 aliphatic rings. The molecule has 0 aromatic carbocycles. The first-order valence-corrected chi connectivity index (χ1v) is 15.8. The zero-order valence-electron chi connectivity index (χ0n) is 25.1. The monoisotopic (exact) mass is 622 g/mol. The van der Waals surface area contributed by atoms with Crippen molar-refractivity contribution in [3.05, 3.63) is 40.1 Å². The fourth-order valence-corrected chi connectivity index (χ4v) is 7.10. The van der Waals surface area contributed by atoms with Crippen molar-refractivity contribution in [2.75, 3.05) is 24.5 Å². The standard InChI is InChI=1S/C31H36ClFN8O3/c1-17-4-6-20(7-5-17)19(3)41-26-23(36-29(41)40-11-10-39(16-18(40)2)28(42)31(33)8-9-31)13-24(27-37-30(43)44-38-27)35-25(26)21-12-22(32)15-34-14-21/h12-15,17-20H,4-11,16H2,1-3H3,(H,37,38,43)/t17?,18-,19?,20?/m0/s1.